The first-order valence-corrected chi connectivity index (χ1v) is 13.1. The molecule has 0 spiro atoms. The number of hydrogen-bond donors (Lipinski definition) is 1. The van der Waals surface area contributed by atoms with Crippen LogP contribution in [0, 0.1) is 10.8 Å². The van der Waals surface area contributed by atoms with Gasteiger partial charge >= 0.3 is 11.9 Å². The van der Waals surface area contributed by atoms with Gasteiger partial charge in [-0.05, 0) is 70.1 Å². The minimum absolute atomic E-state index is 0.220. The van der Waals surface area contributed by atoms with Crippen LogP contribution in [0.4, 0.5) is 5.69 Å². The van der Waals surface area contributed by atoms with Crippen molar-refractivity contribution in [2.75, 3.05) is 11.9 Å². The van der Waals surface area contributed by atoms with Gasteiger partial charge in [-0.3, -0.25) is 4.79 Å². The monoisotopic (exact) mass is 535 g/mol. The molecule has 1 aliphatic carbocycles. The van der Waals surface area contributed by atoms with Gasteiger partial charge in [0, 0.05) is 18.7 Å². The lowest BCUT2D eigenvalue weighted by Crippen LogP contribution is -2.40. The maximum absolute atomic E-state index is 12.6. The molecule has 0 bridgehead atoms. The summed E-state index contributed by atoms with van der Waals surface area (Å²) in [5.74, 6) is -0.744. The van der Waals surface area contributed by atoms with Gasteiger partial charge in [0.15, 0.2) is 10.6 Å². The summed E-state index contributed by atoms with van der Waals surface area (Å²) >= 11 is 4.83. The SMILES string of the molecule is CCCOC(=O)c1sc(-c2cccc(NC3CC(C)(C)CC(C)(C)C3)c2)c(Br)c1OC(C)=O. The first-order valence-electron chi connectivity index (χ1n) is 11.5. The number of nitrogens with one attached hydrogen (secondary N) is 1. The Labute approximate surface area is 209 Å². The molecule has 33 heavy (non-hydrogen) atoms. The van der Waals surface area contributed by atoms with E-state index in [9.17, 15) is 9.59 Å². The van der Waals surface area contributed by atoms with Crippen molar-refractivity contribution in [1.82, 2.24) is 0 Å². The highest BCUT2D eigenvalue weighted by atomic mass is 79.9. The van der Waals surface area contributed by atoms with Crippen molar-refractivity contribution in [2.24, 2.45) is 10.8 Å². The lowest BCUT2D eigenvalue weighted by molar-refractivity contribution is -0.131. The number of thiophene rings is 1. The van der Waals surface area contributed by atoms with Crippen molar-refractivity contribution in [3.63, 3.8) is 0 Å². The first kappa shape index (κ1) is 25.8. The molecule has 0 saturated heterocycles. The molecule has 5 nitrogen and oxygen atoms in total. The summed E-state index contributed by atoms with van der Waals surface area (Å²) in [5.41, 5.74) is 2.56. The van der Waals surface area contributed by atoms with E-state index in [-0.39, 0.29) is 10.6 Å². The van der Waals surface area contributed by atoms with Crippen LogP contribution in [0.3, 0.4) is 0 Å². The van der Waals surface area contributed by atoms with Gasteiger partial charge in [0.25, 0.3) is 0 Å². The fourth-order valence-electron chi connectivity index (χ4n) is 5.15. The van der Waals surface area contributed by atoms with Crippen LogP contribution in [0.5, 0.6) is 5.75 Å². The molecule has 0 amide bonds. The van der Waals surface area contributed by atoms with Crippen molar-refractivity contribution in [3.8, 4) is 16.2 Å². The number of carbonyl (C=O) groups is 2. The van der Waals surface area contributed by atoms with Crippen LogP contribution in [0.15, 0.2) is 28.7 Å². The Balaban J connectivity index is 1.91. The van der Waals surface area contributed by atoms with Gasteiger partial charge in [-0.25, -0.2) is 4.79 Å². The third kappa shape index (κ3) is 6.60. The molecule has 0 unspecified atom stereocenters. The van der Waals surface area contributed by atoms with Gasteiger partial charge in [-0.1, -0.05) is 46.8 Å². The number of anilines is 1. The Bertz CT molecular complexity index is 1010. The zero-order valence-corrected chi connectivity index (χ0v) is 22.7. The van der Waals surface area contributed by atoms with E-state index in [1.807, 2.05) is 19.1 Å². The van der Waals surface area contributed by atoms with E-state index in [0.29, 0.717) is 28.0 Å². The van der Waals surface area contributed by atoms with Crippen molar-refractivity contribution in [2.45, 2.75) is 73.3 Å². The first-order chi connectivity index (χ1) is 15.4. The molecule has 0 atom stereocenters. The van der Waals surface area contributed by atoms with Crippen LogP contribution in [-0.4, -0.2) is 24.6 Å². The molecular weight excluding hydrogens is 502 g/mol. The van der Waals surface area contributed by atoms with Crippen molar-refractivity contribution in [3.05, 3.63) is 33.6 Å². The fraction of sp³-hybridized carbons (Fsp3) is 0.538. The summed E-state index contributed by atoms with van der Waals surface area (Å²) in [6.45, 7) is 13.0. The molecule has 0 radical (unpaired) electrons. The topological polar surface area (TPSA) is 64.6 Å². The summed E-state index contributed by atoms with van der Waals surface area (Å²) in [6, 6.07) is 8.55. The second-order valence-corrected chi connectivity index (χ2v) is 12.3. The summed E-state index contributed by atoms with van der Waals surface area (Å²) in [5, 5.41) is 3.74. The Morgan fingerprint density at radius 3 is 2.45 bits per heavy atom. The second kappa shape index (κ2) is 10.2. The van der Waals surface area contributed by atoms with Crippen LogP contribution in [0.2, 0.25) is 0 Å². The molecule has 1 fully saturated rings. The van der Waals surface area contributed by atoms with E-state index in [4.69, 9.17) is 9.47 Å². The number of benzene rings is 1. The maximum Gasteiger partial charge on any atom is 0.352 e. The van der Waals surface area contributed by atoms with Crippen LogP contribution in [0.25, 0.3) is 10.4 Å². The van der Waals surface area contributed by atoms with Crippen molar-refractivity contribution in [1.29, 1.82) is 0 Å². The number of rotatable bonds is 7. The molecule has 3 rings (SSSR count). The molecule has 1 heterocycles. The highest BCUT2D eigenvalue weighted by Gasteiger charge is 2.38. The fourth-order valence-corrected chi connectivity index (χ4v) is 7.04. The van der Waals surface area contributed by atoms with Crippen molar-refractivity contribution >= 4 is 44.9 Å². The third-order valence-corrected chi connectivity index (χ3v) is 7.95. The Hall–Kier alpha value is -1.86. The quantitative estimate of drug-likeness (QED) is 0.368. The molecular formula is C26H34BrNO4S. The van der Waals surface area contributed by atoms with Gasteiger partial charge < -0.3 is 14.8 Å². The molecule has 1 saturated carbocycles. The second-order valence-electron chi connectivity index (χ2n) is 10.5. The van der Waals surface area contributed by atoms with Crippen LogP contribution in [0.1, 0.15) is 76.9 Å². The number of ether oxygens (including phenoxy) is 2. The molecule has 1 aromatic carbocycles. The Morgan fingerprint density at radius 2 is 1.85 bits per heavy atom. The highest BCUT2D eigenvalue weighted by Crippen LogP contribution is 2.48. The largest absolute Gasteiger partial charge is 0.461 e. The number of esters is 2. The third-order valence-electron chi connectivity index (χ3n) is 5.73. The highest BCUT2D eigenvalue weighted by molar-refractivity contribution is 9.10. The lowest BCUT2D eigenvalue weighted by Gasteiger charge is -2.45. The van der Waals surface area contributed by atoms with E-state index >= 15 is 0 Å². The minimum Gasteiger partial charge on any atom is -0.461 e. The molecule has 1 N–H and O–H groups in total. The molecule has 1 aliphatic rings. The molecule has 2 aromatic rings. The summed E-state index contributed by atoms with van der Waals surface area (Å²) in [4.78, 5) is 25.4. The number of hydrogen-bond acceptors (Lipinski definition) is 6. The van der Waals surface area contributed by atoms with Gasteiger partial charge in [0.1, 0.15) is 0 Å². The molecule has 180 valence electrons. The molecule has 1 aromatic heterocycles. The van der Waals surface area contributed by atoms with Gasteiger partial charge in [-0.15, -0.1) is 11.3 Å². The number of halogens is 1. The predicted octanol–water partition coefficient (Wildman–Crippen LogP) is 7.69. The van der Waals surface area contributed by atoms with Crippen LogP contribution >= 0.6 is 27.3 Å². The average Bonchev–Trinajstić information content (AvgIpc) is 3.00. The average molecular weight is 537 g/mol. The number of carbonyl (C=O) groups excluding carboxylic acids is 2. The lowest BCUT2D eigenvalue weighted by atomic mass is 9.63. The smallest absolute Gasteiger partial charge is 0.352 e. The van der Waals surface area contributed by atoms with Gasteiger partial charge in [0.2, 0.25) is 0 Å². The van der Waals surface area contributed by atoms with E-state index in [1.54, 1.807) is 0 Å². The van der Waals surface area contributed by atoms with E-state index < -0.39 is 11.9 Å². The minimum atomic E-state index is -0.484. The Kier molecular flexibility index (Phi) is 7.95. The maximum atomic E-state index is 12.6. The van der Waals surface area contributed by atoms with Crippen LogP contribution < -0.4 is 10.1 Å². The van der Waals surface area contributed by atoms with Crippen molar-refractivity contribution < 1.29 is 19.1 Å². The normalized spacial score (nSPS) is 17.4. The predicted molar refractivity (Wildman–Crippen MR) is 138 cm³/mol. The molecule has 7 heteroatoms. The van der Waals surface area contributed by atoms with E-state index in [2.05, 4.69) is 61.1 Å². The van der Waals surface area contributed by atoms with Gasteiger partial charge in [0.05, 0.1) is 16.0 Å². The molecule has 0 aliphatic heterocycles. The standard InChI is InChI=1S/C26H34BrNO4S/c1-7-11-31-24(30)23-21(32-16(2)29)20(27)22(33-23)17-9-8-10-18(12-17)28-19-13-25(3,4)15-26(5,6)14-19/h8-10,12,19,28H,7,11,13-15H2,1-6H3. The van der Waals surface area contributed by atoms with E-state index in [0.717, 1.165) is 35.4 Å². The summed E-state index contributed by atoms with van der Waals surface area (Å²) in [7, 11) is 0. The summed E-state index contributed by atoms with van der Waals surface area (Å²) < 4.78 is 11.3. The van der Waals surface area contributed by atoms with E-state index in [1.165, 1.54) is 24.7 Å². The van der Waals surface area contributed by atoms with Crippen LogP contribution in [-0.2, 0) is 9.53 Å². The van der Waals surface area contributed by atoms with Gasteiger partial charge in [-0.2, -0.15) is 0 Å². The zero-order valence-electron chi connectivity index (χ0n) is 20.3. The summed E-state index contributed by atoms with van der Waals surface area (Å²) in [6.07, 6.45) is 4.17. The zero-order chi connectivity index (χ0) is 24.4. The Morgan fingerprint density at radius 1 is 1.18 bits per heavy atom.